The maximum atomic E-state index is 15.3. The van der Waals surface area contributed by atoms with Crippen LogP contribution >= 0.6 is 23.5 Å². The van der Waals surface area contributed by atoms with Crippen molar-refractivity contribution in [1.82, 2.24) is 0 Å². The number of carbonyl (C=O) groups excluding carboxylic acids is 1. The maximum Gasteiger partial charge on any atom is 0.343 e. The summed E-state index contributed by atoms with van der Waals surface area (Å²) in [7, 11) is -3.77. The molecule has 0 saturated heterocycles. The summed E-state index contributed by atoms with van der Waals surface area (Å²) in [5.74, 6) is -1.64. The van der Waals surface area contributed by atoms with Crippen LogP contribution in [0.3, 0.4) is 0 Å². The molecule has 0 aliphatic heterocycles. The lowest BCUT2D eigenvalue weighted by Crippen LogP contribution is -2.28. The van der Waals surface area contributed by atoms with Gasteiger partial charge in [0.05, 0.1) is 10.8 Å². The summed E-state index contributed by atoms with van der Waals surface area (Å²) in [6.45, 7) is 3.56. The van der Waals surface area contributed by atoms with Crippen molar-refractivity contribution in [3.05, 3.63) is 64.4 Å². The first kappa shape index (κ1) is 23.5. The number of carbonyl (C=O) groups is 1. The van der Waals surface area contributed by atoms with Crippen molar-refractivity contribution in [2.75, 3.05) is 15.2 Å². The topological polar surface area (TPSA) is 63.7 Å². The molecular formula is C20H23ClFNO4S2. The molecule has 0 amide bonds. The molecule has 29 heavy (non-hydrogen) atoms. The van der Waals surface area contributed by atoms with E-state index in [-0.39, 0.29) is 23.1 Å². The Kier molecular flexibility index (Phi) is 8.79. The Morgan fingerprint density at radius 1 is 1.14 bits per heavy atom. The van der Waals surface area contributed by atoms with Crippen LogP contribution in [0, 0.1) is 5.82 Å². The van der Waals surface area contributed by atoms with Gasteiger partial charge in [0.2, 0.25) is 10.0 Å². The van der Waals surface area contributed by atoms with Gasteiger partial charge in [-0.25, -0.2) is 21.3 Å². The van der Waals surface area contributed by atoms with E-state index in [0.29, 0.717) is 18.6 Å². The van der Waals surface area contributed by atoms with Gasteiger partial charge in [0.1, 0.15) is 17.9 Å². The van der Waals surface area contributed by atoms with Gasteiger partial charge in [-0.1, -0.05) is 55.8 Å². The highest BCUT2D eigenvalue weighted by Crippen LogP contribution is 2.35. The largest absolute Gasteiger partial charge is 0.457 e. The van der Waals surface area contributed by atoms with Gasteiger partial charge < -0.3 is 4.74 Å². The molecule has 2 aromatic rings. The Morgan fingerprint density at radius 3 is 2.45 bits per heavy atom. The number of anilines is 1. The van der Waals surface area contributed by atoms with Crippen LogP contribution in [-0.2, 0) is 21.4 Å². The Hall–Kier alpha value is -1.77. The number of hydrogen-bond donors (Lipinski definition) is 0. The van der Waals surface area contributed by atoms with Crippen LogP contribution in [0.4, 0.5) is 10.1 Å². The zero-order chi connectivity index (χ0) is 21.4. The second kappa shape index (κ2) is 10.8. The van der Waals surface area contributed by atoms with E-state index in [4.69, 9.17) is 16.3 Å². The standard InChI is InChI=1S/C20H23ClFNO4S2/c1-3-12-28-23(29(25,26)13-4-2)17-11-10-16(21)18(19(17)22)20(24)27-14-15-8-6-5-7-9-15/h5-11H,3-4,12-14H2,1-2H3. The lowest BCUT2D eigenvalue weighted by atomic mass is 10.2. The fourth-order valence-corrected chi connectivity index (χ4v) is 5.54. The second-order valence-electron chi connectivity index (χ2n) is 6.19. The number of rotatable bonds is 10. The van der Waals surface area contributed by atoms with Crippen LogP contribution in [-0.4, -0.2) is 25.9 Å². The maximum absolute atomic E-state index is 15.3. The Balaban J connectivity index is 2.37. The minimum Gasteiger partial charge on any atom is -0.457 e. The second-order valence-corrected chi connectivity index (χ2v) is 9.80. The Morgan fingerprint density at radius 2 is 1.83 bits per heavy atom. The van der Waals surface area contributed by atoms with Crippen molar-refractivity contribution in [2.24, 2.45) is 0 Å². The molecule has 2 aromatic carbocycles. The molecule has 158 valence electrons. The van der Waals surface area contributed by atoms with Gasteiger partial charge in [-0.15, -0.1) is 0 Å². The summed E-state index contributed by atoms with van der Waals surface area (Å²) in [5, 5.41) is -0.141. The van der Waals surface area contributed by atoms with Gasteiger partial charge in [0.25, 0.3) is 0 Å². The summed E-state index contributed by atoms with van der Waals surface area (Å²) < 4.78 is 46.7. The average molecular weight is 460 g/mol. The quantitative estimate of drug-likeness (QED) is 0.349. The summed E-state index contributed by atoms with van der Waals surface area (Å²) in [6, 6.07) is 11.5. The summed E-state index contributed by atoms with van der Waals surface area (Å²) in [4.78, 5) is 12.5. The SMILES string of the molecule is CCCSN(c1ccc(Cl)c(C(=O)OCc2ccccc2)c1F)S(=O)(=O)CCC. The van der Waals surface area contributed by atoms with E-state index in [2.05, 4.69) is 0 Å². The number of esters is 1. The number of nitrogens with zero attached hydrogens (tertiary/aromatic N) is 1. The number of hydrogen-bond acceptors (Lipinski definition) is 5. The molecule has 5 nitrogen and oxygen atoms in total. The van der Waals surface area contributed by atoms with E-state index in [1.807, 2.05) is 13.0 Å². The highest BCUT2D eigenvalue weighted by molar-refractivity contribution is 8.14. The van der Waals surface area contributed by atoms with Crippen molar-refractivity contribution in [3.63, 3.8) is 0 Å². The summed E-state index contributed by atoms with van der Waals surface area (Å²) in [5.41, 5.74) is 0.0287. The van der Waals surface area contributed by atoms with Gasteiger partial charge in [-0.3, -0.25) is 0 Å². The zero-order valence-corrected chi connectivity index (χ0v) is 18.6. The molecule has 0 atom stereocenters. The van der Waals surface area contributed by atoms with Crippen LogP contribution < -0.4 is 3.71 Å². The lowest BCUT2D eigenvalue weighted by molar-refractivity contribution is 0.0467. The van der Waals surface area contributed by atoms with Crippen LogP contribution in [0.25, 0.3) is 0 Å². The molecule has 0 aromatic heterocycles. The first-order valence-electron chi connectivity index (χ1n) is 9.16. The van der Waals surface area contributed by atoms with E-state index in [1.54, 1.807) is 31.2 Å². The molecule has 0 N–H and O–H groups in total. The molecule has 0 fully saturated rings. The number of ether oxygens (including phenoxy) is 1. The number of halogens is 2. The molecule has 0 spiro atoms. The monoisotopic (exact) mass is 459 g/mol. The first-order valence-corrected chi connectivity index (χ1v) is 12.1. The van der Waals surface area contributed by atoms with Crippen molar-refractivity contribution < 1.29 is 22.3 Å². The molecule has 0 aliphatic rings. The predicted molar refractivity (Wildman–Crippen MR) is 116 cm³/mol. The van der Waals surface area contributed by atoms with Crippen molar-refractivity contribution >= 4 is 45.2 Å². The fraction of sp³-hybridized carbons (Fsp3) is 0.350. The lowest BCUT2D eigenvalue weighted by Gasteiger charge is -2.24. The minimum atomic E-state index is -3.77. The van der Waals surface area contributed by atoms with E-state index >= 15 is 4.39 Å². The zero-order valence-electron chi connectivity index (χ0n) is 16.2. The molecular weight excluding hydrogens is 437 g/mol. The van der Waals surface area contributed by atoms with Crippen LogP contribution in [0.15, 0.2) is 42.5 Å². The molecule has 9 heteroatoms. The summed E-state index contributed by atoms with van der Waals surface area (Å²) >= 11 is 7.03. The van der Waals surface area contributed by atoms with Gasteiger partial charge in [0.15, 0.2) is 5.82 Å². The highest BCUT2D eigenvalue weighted by Gasteiger charge is 2.29. The Labute approximate surface area is 180 Å². The molecule has 0 radical (unpaired) electrons. The predicted octanol–water partition coefficient (Wildman–Crippen LogP) is 5.44. The Bertz CT molecular complexity index is 939. The third kappa shape index (κ3) is 6.10. The van der Waals surface area contributed by atoms with Gasteiger partial charge >= 0.3 is 5.97 Å². The van der Waals surface area contributed by atoms with Gasteiger partial charge in [-0.05, 0) is 42.5 Å². The van der Waals surface area contributed by atoms with E-state index in [1.165, 1.54) is 12.1 Å². The summed E-state index contributed by atoms with van der Waals surface area (Å²) in [6.07, 6.45) is 1.08. The van der Waals surface area contributed by atoms with Gasteiger partial charge in [0, 0.05) is 5.75 Å². The fourth-order valence-electron chi connectivity index (χ4n) is 2.48. The first-order chi connectivity index (χ1) is 13.8. The van der Waals surface area contributed by atoms with E-state index in [9.17, 15) is 13.2 Å². The molecule has 0 heterocycles. The molecule has 0 saturated carbocycles. The van der Waals surface area contributed by atoms with Crippen molar-refractivity contribution in [3.8, 4) is 0 Å². The van der Waals surface area contributed by atoms with Crippen LogP contribution in [0.5, 0.6) is 0 Å². The number of benzene rings is 2. The van der Waals surface area contributed by atoms with Crippen molar-refractivity contribution in [1.29, 1.82) is 0 Å². The van der Waals surface area contributed by atoms with Crippen molar-refractivity contribution in [2.45, 2.75) is 33.3 Å². The molecule has 0 aliphatic carbocycles. The van der Waals surface area contributed by atoms with Crippen LogP contribution in [0.2, 0.25) is 5.02 Å². The average Bonchev–Trinajstić information content (AvgIpc) is 2.68. The molecule has 0 unspecified atom stereocenters. The minimum absolute atomic E-state index is 0.0535. The highest BCUT2D eigenvalue weighted by atomic mass is 35.5. The van der Waals surface area contributed by atoms with E-state index < -0.39 is 27.4 Å². The normalized spacial score (nSPS) is 11.3. The smallest absolute Gasteiger partial charge is 0.343 e. The number of sulfonamides is 1. The third-order valence-corrected chi connectivity index (χ3v) is 7.77. The van der Waals surface area contributed by atoms with Crippen LogP contribution in [0.1, 0.15) is 42.6 Å². The van der Waals surface area contributed by atoms with Gasteiger partial charge in [-0.2, -0.15) is 0 Å². The molecule has 0 bridgehead atoms. The van der Waals surface area contributed by atoms with E-state index in [0.717, 1.165) is 21.2 Å². The molecule has 2 rings (SSSR count). The third-order valence-electron chi connectivity index (χ3n) is 3.81.